The van der Waals surface area contributed by atoms with Crippen LogP contribution in [-0.2, 0) is 16.1 Å². The lowest BCUT2D eigenvalue weighted by Crippen LogP contribution is -2.17. The molecule has 1 aromatic carbocycles. The average Bonchev–Trinajstić information content (AvgIpc) is 3.40. The van der Waals surface area contributed by atoms with E-state index in [9.17, 15) is 9.59 Å². The molecule has 1 aliphatic rings. The van der Waals surface area contributed by atoms with Crippen molar-refractivity contribution in [2.75, 3.05) is 24.3 Å². The Balaban J connectivity index is 1.30. The van der Waals surface area contributed by atoms with E-state index in [-0.39, 0.29) is 17.6 Å². The van der Waals surface area contributed by atoms with Gasteiger partial charge in [0, 0.05) is 22.1 Å². The monoisotopic (exact) mass is 461 g/mol. The molecular formula is C20H19N3O4S3. The number of thioether (sulfide) groups is 1. The van der Waals surface area contributed by atoms with E-state index in [1.54, 1.807) is 11.3 Å². The summed E-state index contributed by atoms with van der Waals surface area (Å²) in [5.41, 5.74) is 0.814. The summed E-state index contributed by atoms with van der Waals surface area (Å²) in [6, 6.07) is 9.62. The van der Waals surface area contributed by atoms with Gasteiger partial charge in [-0.2, -0.15) is 0 Å². The third-order valence-electron chi connectivity index (χ3n) is 4.06. The van der Waals surface area contributed by atoms with Gasteiger partial charge < -0.3 is 20.1 Å². The zero-order valence-corrected chi connectivity index (χ0v) is 18.5. The van der Waals surface area contributed by atoms with Crippen LogP contribution in [0.25, 0.3) is 10.6 Å². The second kappa shape index (κ2) is 9.50. The van der Waals surface area contributed by atoms with Gasteiger partial charge in [-0.15, -0.1) is 34.4 Å². The zero-order chi connectivity index (χ0) is 20.9. The molecule has 0 radical (unpaired) electrons. The van der Waals surface area contributed by atoms with Gasteiger partial charge >= 0.3 is 0 Å². The lowest BCUT2D eigenvalue weighted by molar-refractivity contribution is -0.119. The Bertz CT molecular complexity index is 1060. The van der Waals surface area contributed by atoms with Gasteiger partial charge in [0.25, 0.3) is 0 Å². The fraction of sp³-hybridized carbons (Fsp3) is 0.250. The molecule has 0 fully saturated rings. The summed E-state index contributed by atoms with van der Waals surface area (Å²) in [7, 11) is 0. The molecule has 2 N–H and O–H groups in total. The van der Waals surface area contributed by atoms with Crippen molar-refractivity contribution in [1.29, 1.82) is 0 Å². The largest absolute Gasteiger partial charge is 0.486 e. The van der Waals surface area contributed by atoms with Gasteiger partial charge in [-0.3, -0.25) is 9.59 Å². The minimum absolute atomic E-state index is 0.0577. The van der Waals surface area contributed by atoms with E-state index in [1.165, 1.54) is 30.0 Å². The lowest BCUT2D eigenvalue weighted by Gasteiger charge is -2.18. The summed E-state index contributed by atoms with van der Waals surface area (Å²) in [6.45, 7) is 3.09. The Morgan fingerprint density at radius 3 is 2.83 bits per heavy atom. The predicted octanol–water partition coefficient (Wildman–Crippen LogP) is 4.01. The normalized spacial score (nSPS) is 12.4. The molecule has 4 rings (SSSR count). The first-order valence-corrected chi connectivity index (χ1v) is 11.9. The molecule has 3 aromatic rings. The smallest absolute Gasteiger partial charge is 0.236 e. The number of nitrogens with zero attached hydrogens (tertiary/aromatic N) is 1. The predicted molar refractivity (Wildman–Crippen MR) is 120 cm³/mol. The second-order valence-electron chi connectivity index (χ2n) is 6.36. The number of rotatable bonds is 7. The molecule has 7 nitrogen and oxygen atoms in total. The maximum atomic E-state index is 12.3. The van der Waals surface area contributed by atoms with Crippen molar-refractivity contribution >= 4 is 51.4 Å². The van der Waals surface area contributed by atoms with Gasteiger partial charge in [-0.05, 0) is 30.3 Å². The molecule has 3 heterocycles. The molecule has 0 saturated heterocycles. The molecule has 1 aliphatic heterocycles. The van der Waals surface area contributed by atoms with E-state index in [1.807, 2.05) is 35.7 Å². The molecule has 10 heteroatoms. The van der Waals surface area contributed by atoms with Crippen LogP contribution in [0.2, 0.25) is 0 Å². The Hall–Kier alpha value is -2.56. The number of anilines is 1. The second-order valence-corrected chi connectivity index (χ2v) is 9.43. The van der Waals surface area contributed by atoms with Crippen LogP contribution < -0.4 is 20.1 Å². The Morgan fingerprint density at radius 1 is 1.17 bits per heavy atom. The number of fused-ring (bicyclic) bond motifs is 1. The van der Waals surface area contributed by atoms with E-state index < -0.39 is 0 Å². The van der Waals surface area contributed by atoms with Crippen LogP contribution in [0.4, 0.5) is 5.13 Å². The summed E-state index contributed by atoms with van der Waals surface area (Å²) in [4.78, 5) is 30.8. The molecule has 2 aromatic heterocycles. The van der Waals surface area contributed by atoms with E-state index in [0.717, 1.165) is 26.1 Å². The van der Waals surface area contributed by atoms with Gasteiger partial charge in [0.1, 0.15) is 13.2 Å². The molecule has 0 aliphatic carbocycles. The molecular weight excluding hydrogens is 442 g/mol. The van der Waals surface area contributed by atoms with Crippen LogP contribution in [0.5, 0.6) is 11.5 Å². The number of carbonyl (C=O) groups excluding carboxylic acids is 2. The summed E-state index contributed by atoms with van der Waals surface area (Å²) in [6.07, 6.45) is 0. The van der Waals surface area contributed by atoms with Crippen molar-refractivity contribution in [2.45, 2.75) is 18.4 Å². The number of carbonyl (C=O) groups is 2. The van der Waals surface area contributed by atoms with E-state index >= 15 is 0 Å². The maximum absolute atomic E-state index is 12.3. The zero-order valence-electron chi connectivity index (χ0n) is 16.1. The first kappa shape index (κ1) is 20.7. The van der Waals surface area contributed by atoms with Crippen molar-refractivity contribution in [3.8, 4) is 22.1 Å². The van der Waals surface area contributed by atoms with Crippen LogP contribution in [0, 0.1) is 0 Å². The van der Waals surface area contributed by atoms with Gasteiger partial charge in [0.05, 0.1) is 22.9 Å². The van der Waals surface area contributed by atoms with Crippen LogP contribution in [0.1, 0.15) is 11.8 Å². The summed E-state index contributed by atoms with van der Waals surface area (Å²) < 4.78 is 11.1. The summed E-state index contributed by atoms with van der Waals surface area (Å²) in [5, 5.41) is 8.11. The van der Waals surface area contributed by atoms with Gasteiger partial charge in [-0.1, -0.05) is 0 Å². The molecule has 0 saturated carbocycles. The van der Waals surface area contributed by atoms with Gasteiger partial charge in [-0.25, -0.2) is 4.98 Å². The minimum atomic E-state index is -0.117. The quantitative estimate of drug-likeness (QED) is 0.517. The fourth-order valence-electron chi connectivity index (χ4n) is 2.68. The molecule has 0 bridgehead atoms. The average molecular weight is 462 g/mol. The molecule has 0 unspecified atom stereocenters. The van der Waals surface area contributed by atoms with Gasteiger partial charge in [0.15, 0.2) is 16.6 Å². The van der Waals surface area contributed by atoms with Crippen molar-refractivity contribution in [3.63, 3.8) is 0 Å². The topological polar surface area (TPSA) is 89.6 Å². The number of thiazole rings is 1. The summed E-state index contributed by atoms with van der Waals surface area (Å²) >= 11 is 4.39. The van der Waals surface area contributed by atoms with Crippen LogP contribution in [0.3, 0.4) is 0 Å². The Kier molecular flexibility index (Phi) is 6.56. The van der Waals surface area contributed by atoms with E-state index in [0.29, 0.717) is 30.6 Å². The molecule has 156 valence electrons. The van der Waals surface area contributed by atoms with Crippen LogP contribution in [-0.4, -0.2) is 35.8 Å². The Morgan fingerprint density at radius 2 is 2.00 bits per heavy atom. The highest BCUT2D eigenvalue weighted by Gasteiger charge is 2.14. The fourth-order valence-corrected chi connectivity index (χ4v) is 5.12. The third kappa shape index (κ3) is 5.32. The molecule has 0 spiro atoms. The number of hydrogen-bond donors (Lipinski definition) is 2. The van der Waals surface area contributed by atoms with Crippen molar-refractivity contribution in [2.24, 2.45) is 0 Å². The van der Waals surface area contributed by atoms with E-state index in [4.69, 9.17) is 9.47 Å². The number of ether oxygens (including phenoxy) is 2. The first-order valence-electron chi connectivity index (χ1n) is 9.18. The standard InChI is InChI=1S/C20H19N3O4S3/c1-12(24)21-9-14-3-5-18(30-14)15-10-29-20(22-15)23-19(25)11-28-13-2-4-16-17(8-13)27-7-6-26-16/h2-5,8,10H,6-7,9,11H2,1H3,(H,21,24)(H,22,23,25). The van der Waals surface area contributed by atoms with Crippen LogP contribution >= 0.6 is 34.4 Å². The number of hydrogen-bond acceptors (Lipinski definition) is 8. The van der Waals surface area contributed by atoms with Crippen molar-refractivity contribution in [1.82, 2.24) is 10.3 Å². The molecule has 0 atom stereocenters. The highest BCUT2D eigenvalue weighted by molar-refractivity contribution is 8.00. The van der Waals surface area contributed by atoms with E-state index in [2.05, 4.69) is 15.6 Å². The lowest BCUT2D eigenvalue weighted by atomic mass is 10.3. The third-order valence-corrected chi connectivity index (χ3v) is 6.92. The minimum Gasteiger partial charge on any atom is -0.486 e. The molecule has 2 amide bonds. The number of amides is 2. The number of thiophene rings is 1. The first-order chi connectivity index (χ1) is 14.6. The maximum Gasteiger partial charge on any atom is 0.236 e. The highest BCUT2D eigenvalue weighted by atomic mass is 32.2. The highest BCUT2D eigenvalue weighted by Crippen LogP contribution is 2.34. The van der Waals surface area contributed by atoms with Crippen molar-refractivity contribution in [3.05, 3.63) is 40.6 Å². The SMILES string of the molecule is CC(=O)NCc1ccc(-c2csc(NC(=O)CSc3ccc4c(c3)OCCO4)n2)s1. The Labute approximate surface area is 185 Å². The summed E-state index contributed by atoms with van der Waals surface area (Å²) in [5.74, 6) is 1.55. The van der Waals surface area contributed by atoms with Gasteiger partial charge in [0.2, 0.25) is 11.8 Å². The number of nitrogens with one attached hydrogen (secondary N) is 2. The number of aromatic nitrogens is 1. The molecule has 30 heavy (non-hydrogen) atoms. The number of benzene rings is 1. The van der Waals surface area contributed by atoms with Crippen molar-refractivity contribution < 1.29 is 19.1 Å². The van der Waals surface area contributed by atoms with Crippen LogP contribution in [0.15, 0.2) is 40.6 Å².